The van der Waals surface area contributed by atoms with Gasteiger partial charge in [0.15, 0.2) is 0 Å². The van der Waals surface area contributed by atoms with Gasteiger partial charge in [0.2, 0.25) is 0 Å². The summed E-state index contributed by atoms with van der Waals surface area (Å²) in [5.41, 5.74) is 0.902. The lowest BCUT2D eigenvalue weighted by atomic mass is 10.0. The van der Waals surface area contributed by atoms with Crippen LogP contribution in [0.2, 0.25) is 0 Å². The van der Waals surface area contributed by atoms with Gasteiger partial charge in [-0.3, -0.25) is 4.57 Å². The lowest BCUT2D eigenvalue weighted by Crippen LogP contribution is -2.21. The molecule has 6 heteroatoms. The van der Waals surface area contributed by atoms with E-state index in [1.165, 1.54) is 0 Å². The van der Waals surface area contributed by atoms with Crippen molar-refractivity contribution in [3.05, 3.63) is 24.2 Å². The molecular weight excluding hydrogens is 253 g/mol. The summed E-state index contributed by atoms with van der Waals surface area (Å²) in [4.78, 5) is 0. The first-order chi connectivity index (χ1) is 8.71. The van der Waals surface area contributed by atoms with Crippen LogP contribution in [0, 0.1) is 0 Å². The first kappa shape index (κ1) is 13.8. The van der Waals surface area contributed by atoms with E-state index in [-0.39, 0.29) is 11.6 Å². The Labute approximate surface area is 107 Å². The highest BCUT2D eigenvalue weighted by Gasteiger charge is 2.44. The molecule has 1 fully saturated rings. The molecule has 1 aromatic rings. The van der Waals surface area contributed by atoms with Gasteiger partial charge in [0.25, 0.3) is 0 Å². The minimum atomic E-state index is -3.07. The third-order valence-electron chi connectivity index (χ3n) is 3.18. The molecule has 0 aliphatic carbocycles. The van der Waals surface area contributed by atoms with Crippen molar-refractivity contribution in [1.29, 1.82) is 0 Å². The van der Waals surface area contributed by atoms with E-state index in [0.717, 1.165) is 12.1 Å². The summed E-state index contributed by atoms with van der Waals surface area (Å²) in [5.74, 6) is 0.118. The molecule has 1 aromatic heterocycles. The highest BCUT2D eigenvalue weighted by Crippen LogP contribution is 2.58. The molecule has 1 aliphatic heterocycles. The van der Waals surface area contributed by atoms with E-state index in [4.69, 9.17) is 13.5 Å². The molecule has 1 N–H and O–H groups in total. The molecule has 0 spiro atoms. The van der Waals surface area contributed by atoms with E-state index in [1.807, 2.05) is 19.9 Å². The highest BCUT2D eigenvalue weighted by molar-refractivity contribution is 7.54. The van der Waals surface area contributed by atoms with E-state index in [1.54, 1.807) is 12.5 Å². The van der Waals surface area contributed by atoms with E-state index in [0.29, 0.717) is 19.8 Å². The van der Waals surface area contributed by atoms with Crippen molar-refractivity contribution in [2.24, 2.45) is 0 Å². The van der Waals surface area contributed by atoms with Crippen LogP contribution in [0.25, 0.3) is 0 Å². The molecule has 18 heavy (non-hydrogen) atoms. The average Bonchev–Trinajstić information content (AvgIpc) is 3.00. The largest absolute Gasteiger partial charge is 0.472 e. The van der Waals surface area contributed by atoms with Gasteiger partial charge in [-0.1, -0.05) is 0 Å². The fraction of sp³-hybridized carbons (Fsp3) is 0.667. The summed E-state index contributed by atoms with van der Waals surface area (Å²) < 4.78 is 28.8. The summed E-state index contributed by atoms with van der Waals surface area (Å²) >= 11 is 0. The molecule has 0 amide bonds. The van der Waals surface area contributed by atoms with E-state index >= 15 is 0 Å². The standard InChI is InChI=1S/C12H20NO4P/c1-3-16-18(14,17-4-2)12-8-13-7-11(12)10-5-6-15-9-10/h5-6,9,11-13H,3-4,7-8H2,1-2H3. The zero-order valence-electron chi connectivity index (χ0n) is 10.8. The lowest BCUT2D eigenvalue weighted by molar-refractivity contribution is 0.211. The van der Waals surface area contributed by atoms with Gasteiger partial charge in [0.05, 0.1) is 31.4 Å². The minimum Gasteiger partial charge on any atom is -0.472 e. The van der Waals surface area contributed by atoms with Crippen LogP contribution in [0.15, 0.2) is 23.0 Å². The Morgan fingerprint density at radius 3 is 2.67 bits per heavy atom. The van der Waals surface area contributed by atoms with Crippen LogP contribution in [0.1, 0.15) is 25.3 Å². The fourth-order valence-electron chi connectivity index (χ4n) is 2.41. The van der Waals surface area contributed by atoms with Crippen molar-refractivity contribution in [3.8, 4) is 0 Å². The van der Waals surface area contributed by atoms with Gasteiger partial charge in [-0.25, -0.2) is 0 Å². The van der Waals surface area contributed by atoms with Crippen LogP contribution in [0.4, 0.5) is 0 Å². The SMILES string of the molecule is CCOP(=O)(OCC)C1CNCC1c1ccoc1. The smallest absolute Gasteiger partial charge is 0.335 e. The Morgan fingerprint density at radius 1 is 1.39 bits per heavy atom. The third kappa shape index (κ3) is 2.69. The zero-order chi connectivity index (χ0) is 13.0. The number of rotatable bonds is 6. The molecule has 2 unspecified atom stereocenters. The first-order valence-electron chi connectivity index (χ1n) is 6.33. The fourth-order valence-corrected chi connectivity index (χ4v) is 4.66. The number of hydrogen-bond donors (Lipinski definition) is 1. The van der Waals surface area contributed by atoms with Crippen LogP contribution >= 0.6 is 7.60 Å². The monoisotopic (exact) mass is 273 g/mol. The van der Waals surface area contributed by atoms with Crippen LogP contribution in [-0.4, -0.2) is 32.0 Å². The predicted molar refractivity (Wildman–Crippen MR) is 69.0 cm³/mol. The average molecular weight is 273 g/mol. The van der Waals surface area contributed by atoms with Crippen LogP contribution in [-0.2, 0) is 13.6 Å². The van der Waals surface area contributed by atoms with E-state index in [2.05, 4.69) is 5.32 Å². The van der Waals surface area contributed by atoms with Crippen molar-refractivity contribution in [2.45, 2.75) is 25.4 Å². The molecule has 0 bridgehead atoms. The van der Waals surface area contributed by atoms with Crippen LogP contribution in [0.3, 0.4) is 0 Å². The van der Waals surface area contributed by atoms with Crippen molar-refractivity contribution in [1.82, 2.24) is 5.32 Å². The van der Waals surface area contributed by atoms with Gasteiger partial charge < -0.3 is 18.8 Å². The highest BCUT2D eigenvalue weighted by atomic mass is 31.2. The predicted octanol–water partition coefficient (Wildman–Crippen LogP) is 2.60. The lowest BCUT2D eigenvalue weighted by Gasteiger charge is -2.26. The second kappa shape index (κ2) is 6.02. The second-order valence-electron chi connectivity index (χ2n) is 4.26. The van der Waals surface area contributed by atoms with Gasteiger partial charge in [-0.05, 0) is 25.5 Å². The van der Waals surface area contributed by atoms with Gasteiger partial charge in [0, 0.05) is 19.0 Å². The molecule has 102 valence electrons. The van der Waals surface area contributed by atoms with Gasteiger partial charge in [-0.15, -0.1) is 0 Å². The van der Waals surface area contributed by atoms with Gasteiger partial charge in [-0.2, -0.15) is 0 Å². The summed E-state index contributed by atoms with van der Waals surface area (Å²) in [6.45, 7) is 5.88. The molecule has 0 aromatic carbocycles. The summed E-state index contributed by atoms with van der Waals surface area (Å²) in [6.07, 6.45) is 3.34. The first-order valence-corrected chi connectivity index (χ1v) is 7.94. The van der Waals surface area contributed by atoms with Crippen LogP contribution in [0.5, 0.6) is 0 Å². The molecule has 1 saturated heterocycles. The molecule has 1 aliphatic rings. The molecule has 2 heterocycles. The molecule has 5 nitrogen and oxygen atoms in total. The zero-order valence-corrected chi connectivity index (χ0v) is 11.7. The Hall–Kier alpha value is -0.610. The summed E-state index contributed by atoms with van der Waals surface area (Å²) in [5, 5.41) is 3.26. The minimum absolute atomic E-state index is 0.118. The number of hydrogen-bond acceptors (Lipinski definition) is 5. The normalized spacial score (nSPS) is 24.6. The summed E-state index contributed by atoms with van der Waals surface area (Å²) in [6, 6.07) is 1.91. The maximum Gasteiger partial charge on any atom is 0.335 e. The quantitative estimate of drug-likeness (QED) is 0.807. The maximum absolute atomic E-state index is 12.8. The Bertz CT molecular complexity index is 396. The van der Waals surface area contributed by atoms with Crippen molar-refractivity contribution in [2.75, 3.05) is 26.3 Å². The Morgan fingerprint density at radius 2 is 2.11 bits per heavy atom. The molecule has 0 radical (unpaired) electrons. The van der Waals surface area contributed by atoms with Crippen molar-refractivity contribution in [3.63, 3.8) is 0 Å². The third-order valence-corrected chi connectivity index (χ3v) is 5.77. The van der Waals surface area contributed by atoms with Crippen molar-refractivity contribution >= 4 is 7.60 Å². The molecule has 2 atom stereocenters. The molecule has 2 rings (SSSR count). The molecular formula is C12H20NO4P. The Balaban J connectivity index is 2.21. The number of furan rings is 1. The maximum atomic E-state index is 12.8. The summed E-state index contributed by atoms with van der Waals surface area (Å²) in [7, 11) is -3.07. The number of nitrogens with one attached hydrogen (secondary N) is 1. The Kier molecular flexibility index (Phi) is 4.62. The van der Waals surface area contributed by atoms with E-state index < -0.39 is 7.60 Å². The second-order valence-corrected chi connectivity index (χ2v) is 6.52. The van der Waals surface area contributed by atoms with Gasteiger partial charge >= 0.3 is 7.60 Å². The topological polar surface area (TPSA) is 60.7 Å². The van der Waals surface area contributed by atoms with Crippen LogP contribution < -0.4 is 5.32 Å². The van der Waals surface area contributed by atoms with E-state index in [9.17, 15) is 4.57 Å². The van der Waals surface area contributed by atoms with Gasteiger partial charge in [0.1, 0.15) is 0 Å². The van der Waals surface area contributed by atoms with Crippen molar-refractivity contribution < 1.29 is 18.0 Å². The molecule has 0 saturated carbocycles.